The molecule has 1 fully saturated rings. The number of anilines is 1. The van der Waals surface area contributed by atoms with Crippen molar-refractivity contribution in [3.63, 3.8) is 0 Å². The Morgan fingerprint density at radius 3 is 2.83 bits per heavy atom. The van der Waals surface area contributed by atoms with Crippen LogP contribution in [0.2, 0.25) is 5.02 Å². The summed E-state index contributed by atoms with van der Waals surface area (Å²) in [6.45, 7) is 0.177. The summed E-state index contributed by atoms with van der Waals surface area (Å²) in [6.07, 6.45) is 0.609. The SMILES string of the molecule is O=S1(=O)CCCN1c1ccc(Cl)cc1C#CCO. The van der Waals surface area contributed by atoms with E-state index < -0.39 is 10.0 Å². The number of hydrogen-bond donors (Lipinski definition) is 1. The molecule has 1 aliphatic rings. The second kappa shape index (κ2) is 5.19. The van der Waals surface area contributed by atoms with E-state index in [1.165, 1.54) is 4.31 Å². The molecule has 1 saturated heterocycles. The number of nitrogens with zero attached hydrogens (tertiary/aromatic N) is 1. The lowest BCUT2D eigenvalue weighted by molar-refractivity contribution is 0.350. The van der Waals surface area contributed by atoms with E-state index in [0.29, 0.717) is 29.2 Å². The molecule has 6 heteroatoms. The van der Waals surface area contributed by atoms with Gasteiger partial charge in [-0.1, -0.05) is 23.4 Å². The first kappa shape index (κ1) is 13.2. The third-order valence-corrected chi connectivity index (χ3v) is 4.72. The van der Waals surface area contributed by atoms with E-state index in [1.807, 2.05) is 0 Å². The van der Waals surface area contributed by atoms with Crippen molar-refractivity contribution in [1.82, 2.24) is 0 Å². The van der Waals surface area contributed by atoms with E-state index in [9.17, 15) is 8.42 Å². The number of hydrogen-bond acceptors (Lipinski definition) is 3. The lowest BCUT2D eigenvalue weighted by atomic mass is 10.2. The first-order valence-corrected chi connectivity index (χ1v) is 7.43. The van der Waals surface area contributed by atoms with Crippen LogP contribution in [0.25, 0.3) is 0 Å². The van der Waals surface area contributed by atoms with Gasteiger partial charge in [0.2, 0.25) is 10.0 Å². The van der Waals surface area contributed by atoms with Crippen molar-refractivity contribution in [2.75, 3.05) is 23.2 Å². The van der Waals surface area contributed by atoms with Crippen molar-refractivity contribution in [2.45, 2.75) is 6.42 Å². The van der Waals surface area contributed by atoms with Crippen LogP contribution < -0.4 is 4.31 Å². The Balaban J connectivity index is 2.50. The van der Waals surface area contributed by atoms with Crippen molar-refractivity contribution < 1.29 is 13.5 Å². The van der Waals surface area contributed by atoms with E-state index in [0.717, 1.165) is 0 Å². The van der Waals surface area contributed by atoms with Crippen molar-refractivity contribution in [3.8, 4) is 11.8 Å². The van der Waals surface area contributed by atoms with Gasteiger partial charge in [-0.05, 0) is 24.6 Å². The zero-order valence-electron chi connectivity index (χ0n) is 9.56. The molecule has 0 radical (unpaired) electrons. The zero-order chi connectivity index (χ0) is 13.2. The highest BCUT2D eigenvalue weighted by molar-refractivity contribution is 7.93. The number of aliphatic hydroxyl groups excluding tert-OH is 1. The fourth-order valence-corrected chi connectivity index (χ4v) is 3.62. The summed E-state index contributed by atoms with van der Waals surface area (Å²) in [4.78, 5) is 0. The minimum atomic E-state index is -3.24. The Morgan fingerprint density at radius 2 is 2.22 bits per heavy atom. The second-order valence-corrected chi connectivity index (χ2v) is 6.31. The quantitative estimate of drug-likeness (QED) is 0.790. The molecule has 4 nitrogen and oxygen atoms in total. The van der Waals surface area contributed by atoms with Crippen molar-refractivity contribution in [1.29, 1.82) is 0 Å². The molecule has 0 saturated carbocycles. The number of rotatable bonds is 1. The molecular weight excluding hydrogens is 274 g/mol. The average Bonchev–Trinajstić information content (AvgIpc) is 2.66. The molecule has 0 amide bonds. The van der Waals surface area contributed by atoms with Crippen LogP contribution in [0.4, 0.5) is 5.69 Å². The molecule has 1 aliphatic heterocycles. The summed E-state index contributed by atoms with van der Waals surface area (Å²) >= 11 is 5.88. The van der Waals surface area contributed by atoms with Gasteiger partial charge in [0, 0.05) is 11.6 Å². The van der Waals surface area contributed by atoms with Crippen LogP contribution in [0.5, 0.6) is 0 Å². The van der Waals surface area contributed by atoms with Crippen molar-refractivity contribution in [2.24, 2.45) is 0 Å². The molecule has 1 N–H and O–H groups in total. The number of sulfonamides is 1. The molecule has 0 atom stereocenters. The molecule has 2 rings (SSSR count). The van der Waals surface area contributed by atoms with Crippen LogP contribution in [0, 0.1) is 11.8 Å². The fraction of sp³-hybridized carbons (Fsp3) is 0.333. The molecule has 0 aliphatic carbocycles. The first-order valence-electron chi connectivity index (χ1n) is 5.44. The van der Waals surface area contributed by atoms with Crippen LogP contribution in [0.15, 0.2) is 18.2 Å². The number of halogens is 1. The highest BCUT2D eigenvalue weighted by atomic mass is 35.5. The van der Waals surface area contributed by atoms with Crippen LogP contribution in [-0.4, -0.2) is 32.4 Å². The van der Waals surface area contributed by atoms with Crippen LogP contribution in [-0.2, 0) is 10.0 Å². The monoisotopic (exact) mass is 285 g/mol. The highest BCUT2D eigenvalue weighted by Gasteiger charge is 2.29. The molecule has 1 aromatic carbocycles. The van der Waals surface area contributed by atoms with Gasteiger partial charge in [0.05, 0.1) is 17.0 Å². The fourth-order valence-electron chi connectivity index (χ4n) is 1.87. The summed E-state index contributed by atoms with van der Waals surface area (Å²) in [5.74, 6) is 5.39. The van der Waals surface area contributed by atoms with Gasteiger partial charge in [0.25, 0.3) is 0 Å². The van der Waals surface area contributed by atoms with E-state index in [2.05, 4.69) is 11.8 Å². The Bertz CT molecular complexity index is 616. The van der Waals surface area contributed by atoms with Crippen LogP contribution >= 0.6 is 11.6 Å². The molecule has 18 heavy (non-hydrogen) atoms. The molecule has 0 unspecified atom stereocenters. The van der Waals surface area contributed by atoms with Gasteiger partial charge < -0.3 is 5.11 Å². The normalized spacial score (nSPS) is 17.3. The lowest BCUT2D eigenvalue weighted by Crippen LogP contribution is -2.25. The van der Waals surface area contributed by atoms with E-state index in [4.69, 9.17) is 16.7 Å². The van der Waals surface area contributed by atoms with E-state index in [-0.39, 0.29) is 12.4 Å². The van der Waals surface area contributed by atoms with Crippen LogP contribution in [0.3, 0.4) is 0 Å². The Morgan fingerprint density at radius 1 is 1.44 bits per heavy atom. The summed E-state index contributed by atoms with van der Waals surface area (Å²) in [6, 6.07) is 4.88. The van der Waals surface area contributed by atoms with E-state index in [1.54, 1.807) is 18.2 Å². The van der Waals surface area contributed by atoms with Gasteiger partial charge in [-0.15, -0.1) is 0 Å². The largest absolute Gasteiger partial charge is 0.384 e. The number of benzene rings is 1. The van der Waals surface area contributed by atoms with Gasteiger partial charge in [-0.2, -0.15) is 0 Å². The smallest absolute Gasteiger partial charge is 0.235 e. The lowest BCUT2D eigenvalue weighted by Gasteiger charge is -2.18. The summed E-state index contributed by atoms with van der Waals surface area (Å²) in [7, 11) is -3.24. The minimum absolute atomic E-state index is 0.155. The molecule has 96 valence electrons. The molecular formula is C12H12ClNO3S. The molecule has 1 aromatic rings. The molecule has 0 bridgehead atoms. The predicted molar refractivity (Wildman–Crippen MR) is 71.2 cm³/mol. The van der Waals surface area contributed by atoms with E-state index >= 15 is 0 Å². The predicted octanol–water partition coefficient (Wildman–Crippen LogP) is 1.22. The maximum atomic E-state index is 11.9. The topological polar surface area (TPSA) is 57.6 Å². The van der Waals surface area contributed by atoms with Crippen molar-refractivity contribution in [3.05, 3.63) is 28.8 Å². The van der Waals surface area contributed by atoms with Gasteiger partial charge in [-0.3, -0.25) is 4.31 Å². The Labute approximate surface area is 111 Å². The summed E-state index contributed by atoms with van der Waals surface area (Å²) in [5.41, 5.74) is 1.04. The average molecular weight is 286 g/mol. The third-order valence-electron chi connectivity index (χ3n) is 2.63. The third kappa shape index (κ3) is 2.61. The Kier molecular flexibility index (Phi) is 3.81. The van der Waals surface area contributed by atoms with Gasteiger partial charge >= 0.3 is 0 Å². The first-order chi connectivity index (χ1) is 8.54. The standard InChI is InChI=1S/C12H12ClNO3S/c13-11-4-5-12(10(9-11)3-1-7-15)14-6-2-8-18(14,16)17/h4-5,9,15H,2,6-8H2. The minimum Gasteiger partial charge on any atom is -0.384 e. The highest BCUT2D eigenvalue weighted by Crippen LogP contribution is 2.29. The van der Waals surface area contributed by atoms with Crippen LogP contribution in [0.1, 0.15) is 12.0 Å². The molecule has 1 heterocycles. The zero-order valence-corrected chi connectivity index (χ0v) is 11.1. The molecule has 0 spiro atoms. The van der Waals surface area contributed by atoms with Gasteiger partial charge in [0.15, 0.2) is 0 Å². The van der Waals surface area contributed by atoms with Crippen molar-refractivity contribution >= 4 is 27.3 Å². The molecule has 0 aromatic heterocycles. The maximum Gasteiger partial charge on any atom is 0.235 e. The van der Waals surface area contributed by atoms with Gasteiger partial charge in [0.1, 0.15) is 6.61 Å². The Hall–Kier alpha value is -1.22. The second-order valence-electron chi connectivity index (χ2n) is 3.86. The number of aliphatic hydroxyl groups is 1. The van der Waals surface area contributed by atoms with Gasteiger partial charge in [-0.25, -0.2) is 8.42 Å². The maximum absolute atomic E-state index is 11.9. The summed E-state index contributed by atoms with van der Waals surface area (Å²) in [5, 5.41) is 9.20. The summed E-state index contributed by atoms with van der Waals surface area (Å²) < 4.78 is 25.1.